The van der Waals surface area contributed by atoms with E-state index in [1.54, 1.807) is 6.20 Å². The highest BCUT2D eigenvalue weighted by Crippen LogP contribution is 1.95. The minimum absolute atomic E-state index is 0.0697. The Labute approximate surface area is 58.5 Å². The molecule has 0 saturated heterocycles. The van der Waals surface area contributed by atoms with Crippen molar-refractivity contribution in [1.82, 2.24) is 9.97 Å². The number of nitrogens with two attached hydrogens (primary N) is 1. The summed E-state index contributed by atoms with van der Waals surface area (Å²) < 4.78 is 0. The molecule has 0 aliphatic rings. The molecule has 0 amide bonds. The van der Waals surface area contributed by atoms with Gasteiger partial charge in [-0.1, -0.05) is 0 Å². The molecule has 4 heteroatoms. The van der Waals surface area contributed by atoms with E-state index in [-0.39, 0.29) is 5.78 Å². The van der Waals surface area contributed by atoms with Crippen LogP contribution in [0.15, 0.2) is 6.20 Å². The van der Waals surface area contributed by atoms with Gasteiger partial charge in [0.15, 0.2) is 11.6 Å². The Morgan fingerprint density at radius 3 is 2.90 bits per heavy atom. The highest BCUT2D eigenvalue weighted by Gasteiger charge is 2.02. The summed E-state index contributed by atoms with van der Waals surface area (Å²) in [5.41, 5.74) is 6.06. The zero-order chi connectivity index (χ0) is 7.56. The van der Waals surface area contributed by atoms with Crippen molar-refractivity contribution in [2.45, 2.75) is 13.5 Å². The Bertz CT molecular complexity index is 241. The van der Waals surface area contributed by atoms with Crippen LogP contribution in [0, 0.1) is 0 Å². The van der Waals surface area contributed by atoms with Crippen molar-refractivity contribution in [1.29, 1.82) is 0 Å². The first-order valence-electron chi connectivity index (χ1n) is 2.99. The van der Waals surface area contributed by atoms with Crippen LogP contribution in [-0.2, 0) is 6.54 Å². The topological polar surface area (TPSA) is 71.8 Å². The molecule has 10 heavy (non-hydrogen) atoms. The van der Waals surface area contributed by atoms with E-state index in [1.165, 1.54) is 6.92 Å². The minimum Gasteiger partial charge on any atom is -0.338 e. The van der Waals surface area contributed by atoms with Gasteiger partial charge in [0.05, 0.1) is 6.20 Å². The van der Waals surface area contributed by atoms with Gasteiger partial charge in [-0.3, -0.25) is 4.79 Å². The average molecular weight is 139 g/mol. The molecular weight excluding hydrogens is 130 g/mol. The average Bonchev–Trinajstić information content (AvgIpc) is 2.34. The third-order valence-corrected chi connectivity index (χ3v) is 1.18. The maximum atomic E-state index is 10.6. The van der Waals surface area contributed by atoms with E-state index < -0.39 is 0 Å². The lowest BCUT2D eigenvalue weighted by atomic mass is 10.4. The van der Waals surface area contributed by atoms with Crippen molar-refractivity contribution < 1.29 is 4.79 Å². The number of carbonyl (C=O) groups excluding carboxylic acids is 1. The first kappa shape index (κ1) is 6.95. The first-order valence-corrected chi connectivity index (χ1v) is 2.99. The summed E-state index contributed by atoms with van der Waals surface area (Å²) in [6, 6.07) is 0. The molecule has 0 atom stereocenters. The first-order chi connectivity index (χ1) is 4.74. The van der Waals surface area contributed by atoms with E-state index in [9.17, 15) is 4.79 Å². The zero-order valence-corrected chi connectivity index (χ0v) is 5.72. The minimum atomic E-state index is -0.0697. The van der Waals surface area contributed by atoms with Gasteiger partial charge < -0.3 is 10.7 Å². The number of H-pyrrole nitrogens is 1. The van der Waals surface area contributed by atoms with Gasteiger partial charge >= 0.3 is 0 Å². The second-order valence-corrected chi connectivity index (χ2v) is 2.02. The van der Waals surface area contributed by atoms with Crippen molar-refractivity contribution in [3.8, 4) is 0 Å². The lowest BCUT2D eigenvalue weighted by Gasteiger charge is -1.85. The molecule has 1 heterocycles. The largest absolute Gasteiger partial charge is 0.338 e. The third kappa shape index (κ3) is 1.22. The van der Waals surface area contributed by atoms with E-state index in [2.05, 4.69) is 9.97 Å². The molecule has 0 aromatic carbocycles. The van der Waals surface area contributed by atoms with Crippen molar-refractivity contribution in [2.75, 3.05) is 0 Å². The number of nitrogens with zero attached hydrogens (tertiary/aromatic N) is 1. The quantitative estimate of drug-likeness (QED) is 0.569. The molecule has 0 radical (unpaired) electrons. The number of ketones is 1. The summed E-state index contributed by atoms with van der Waals surface area (Å²) in [7, 11) is 0. The Kier molecular flexibility index (Phi) is 1.82. The van der Waals surface area contributed by atoms with Gasteiger partial charge in [0.2, 0.25) is 0 Å². The molecule has 0 fully saturated rings. The van der Waals surface area contributed by atoms with Crippen LogP contribution in [0.4, 0.5) is 0 Å². The predicted octanol–water partition coefficient (Wildman–Crippen LogP) is 0.0710. The fourth-order valence-electron chi connectivity index (χ4n) is 0.642. The monoisotopic (exact) mass is 139 g/mol. The van der Waals surface area contributed by atoms with Crippen LogP contribution >= 0.6 is 0 Å². The molecule has 0 unspecified atom stereocenters. The number of aromatic amines is 1. The van der Waals surface area contributed by atoms with E-state index >= 15 is 0 Å². The SMILES string of the molecule is CC(=O)c1ncc(CN)[nH]1. The normalized spacial score (nSPS) is 9.80. The molecule has 0 spiro atoms. The van der Waals surface area contributed by atoms with E-state index in [1.807, 2.05) is 0 Å². The molecular formula is C6H9N3O. The predicted molar refractivity (Wildman–Crippen MR) is 36.5 cm³/mol. The number of imidazole rings is 1. The van der Waals surface area contributed by atoms with Crippen LogP contribution < -0.4 is 5.73 Å². The molecule has 1 rings (SSSR count). The zero-order valence-electron chi connectivity index (χ0n) is 5.72. The Balaban J connectivity index is 2.88. The molecule has 1 aromatic heterocycles. The van der Waals surface area contributed by atoms with E-state index in [0.717, 1.165) is 5.69 Å². The van der Waals surface area contributed by atoms with Crippen molar-refractivity contribution in [3.05, 3.63) is 17.7 Å². The fourth-order valence-corrected chi connectivity index (χ4v) is 0.642. The summed E-state index contributed by atoms with van der Waals surface area (Å²) in [4.78, 5) is 17.2. The third-order valence-electron chi connectivity index (χ3n) is 1.18. The molecule has 3 N–H and O–H groups in total. The van der Waals surface area contributed by atoms with Crippen LogP contribution in [0.1, 0.15) is 23.2 Å². The van der Waals surface area contributed by atoms with Crippen LogP contribution in [0.5, 0.6) is 0 Å². The van der Waals surface area contributed by atoms with Crippen molar-refractivity contribution in [3.63, 3.8) is 0 Å². The van der Waals surface area contributed by atoms with Crippen LogP contribution in [0.25, 0.3) is 0 Å². The molecule has 4 nitrogen and oxygen atoms in total. The molecule has 0 aliphatic carbocycles. The van der Waals surface area contributed by atoms with Gasteiger partial charge in [-0.05, 0) is 0 Å². The number of hydrogen-bond donors (Lipinski definition) is 2. The van der Waals surface area contributed by atoms with Gasteiger partial charge in [0.1, 0.15) is 0 Å². The van der Waals surface area contributed by atoms with Gasteiger partial charge in [-0.2, -0.15) is 0 Å². The smallest absolute Gasteiger partial charge is 0.194 e. The van der Waals surface area contributed by atoms with Gasteiger partial charge in [-0.25, -0.2) is 4.98 Å². The van der Waals surface area contributed by atoms with Crippen molar-refractivity contribution >= 4 is 5.78 Å². The summed E-state index contributed by atoms with van der Waals surface area (Å²) in [5, 5.41) is 0. The lowest BCUT2D eigenvalue weighted by Crippen LogP contribution is -1.98. The summed E-state index contributed by atoms with van der Waals surface area (Å²) in [6.07, 6.45) is 1.57. The fraction of sp³-hybridized carbons (Fsp3) is 0.333. The highest BCUT2D eigenvalue weighted by atomic mass is 16.1. The summed E-state index contributed by atoms with van der Waals surface area (Å²) in [6.45, 7) is 1.85. The lowest BCUT2D eigenvalue weighted by molar-refractivity contribution is 0.100. The summed E-state index contributed by atoms with van der Waals surface area (Å²) >= 11 is 0. The molecule has 0 aliphatic heterocycles. The number of nitrogens with one attached hydrogen (secondary N) is 1. The van der Waals surface area contributed by atoms with Crippen LogP contribution in [-0.4, -0.2) is 15.8 Å². The molecule has 1 aromatic rings. The van der Waals surface area contributed by atoms with Crippen LogP contribution in [0.3, 0.4) is 0 Å². The number of rotatable bonds is 2. The van der Waals surface area contributed by atoms with Gasteiger partial charge in [0, 0.05) is 19.2 Å². The summed E-state index contributed by atoms with van der Waals surface area (Å²) in [5.74, 6) is 0.306. The second-order valence-electron chi connectivity index (χ2n) is 2.02. The number of carbonyl (C=O) groups is 1. The van der Waals surface area contributed by atoms with Crippen molar-refractivity contribution in [2.24, 2.45) is 5.73 Å². The Hall–Kier alpha value is -1.16. The van der Waals surface area contributed by atoms with Gasteiger partial charge in [0.25, 0.3) is 0 Å². The Morgan fingerprint density at radius 1 is 1.90 bits per heavy atom. The highest BCUT2D eigenvalue weighted by molar-refractivity contribution is 5.90. The number of hydrogen-bond acceptors (Lipinski definition) is 3. The second kappa shape index (κ2) is 2.62. The molecule has 0 bridgehead atoms. The van der Waals surface area contributed by atoms with Crippen LogP contribution in [0.2, 0.25) is 0 Å². The Morgan fingerprint density at radius 2 is 2.60 bits per heavy atom. The van der Waals surface area contributed by atoms with Gasteiger partial charge in [-0.15, -0.1) is 0 Å². The molecule has 54 valence electrons. The maximum absolute atomic E-state index is 10.6. The standard InChI is InChI=1S/C6H9N3O/c1-4(10)6-8-3-5(2-7)9-6/h3H,2,7H2,1H3,(H,8,9). The molecule has 0 saturated carbocycles. The van der Waals surface area contributed by atoms with E-state index in [4.69, 9.17) is 5.73 Å². The van der Waals surface area contributed by atoms with E-state index in [0.29, 0.717) is 12.4 Å². The number of aromatic nitrogens is 2. The number of Topliss-reactive ketones (excluding diaryl/α,β-unsaturated/α-hetero) is 1. The maximum Gasteiger partial charge on any atom is 0.194 e.